The maximum atomic E-state index is 13.1. The molecule has 4 heteroatoms. The van der Waals surface area contributed by atoms with Gasteiger partial charge in [-0.2, -0.15) is 13.2 Å². The number of rotatable bonds is 3. The van der Waals surface area contributed by atoms with Gasteiger partial charge in [-0.05, 0) is 50.2 Å². The summed E-state index contributed by atoms with van der Waals surface area (Å²) in [5.74, 6) is 0. The van der Waals surface area contributed by atoms with E-state index < -0.39 is 22.6 Å². The molecule has 0 nitrogen and oxygen atoms in total. The fourth-order valence-corrected chi connectivity index (χ4v) is 4.65. The normalized spacial score (nSPS) is 11.8. The van der Waals surface area contributed by atoms with Gasteiger partial charge >= 0.3 is 6.18 Å². The summed E-state index contributed by atoms with van der Waals surface area (Å²) in [6, 6.07) is 21.6. The van der Waals surface area contributed by atoms with E-state index in [-0.39, 0.29) is 0 Å². The van der Waals surface area contributed by atoms with Crippen LogP contribution >= 0.6 is 0 Å². The molecular weight excluding hydrogens is 341 g/mol. The zero-order chi connectivity index (χ0) is 18.0. The standard InChI is InChI=1S/C21H18F3S/c1-15-6-10-18(11-7-15)25(19-12-8-16(2)9-13-19)20-5-3-4-17(14-20)21(22,23)24/h3-14H,1-2H3/q+1. The van der Waals surface area contributed by atoms with E-state index in [9.17, 15) is 13.2 Å². The fourth-order valence-electron chi connectivity index (χ4n) is 2.56. The summed E-state index contributed by atoms with van der Waals surface area (Å²) in [6.45, 7) is 4.00. The van der Waals surface area contributed by atoms with Crippen LogP contribution in [-0.4, -0.2) is 0 Å². The van der Waals surface area contributed by atoms with Crippen molar-refractivity contribution in [3.8, 4) is 0 Å². The highest BCUT2D eigenvalue weighted by atomic mass is 32.2. The maximum absolute atomic E-state index is 13.1. The molecule has 3 aromatic rings. The summed E-state index contributed by atoms with van der Waals surface area (Å²) in [5.41, 5.74) is 1.64. The minimum absolute atomic E-state index is 0.576. The Morgan fingerprint density at radius 3 is 1.56 bits per heavy atom. The molecule has 0 aromatic heterocycles. The monoisotopic (exact) mass is 359 g/mol. The third kappa shape index (κ3) is 4.07. The molecule has 0 aliphatic heterocycles. The van der Waals surface area contributed by atoms with Crippen LogP contribution in [0.15, 0.2) is 87.5 Å². The van der Waals surface area contributed by atoms with E-state index in [1.165, 1.54) is 12.1 Å². The minimum atomic E-state index is -4.34. The van der Waals surface area contributed by atoms with Crippen molar-refractivity contribution in [3.63, 3.8) is 0 Å². The van der Waals surface area contributed by atoms with Crippen LogP contribution in [-0.2, 0) is 17.1 Å². The van der Waals surface area contributed by atoms with Crippen LogP contribution in [0.25, 0.3) is 0 Å². The average molecular weight is 359 g/mol. The predicted molar refractivity (Wildman–Crippen MR) is 96.0 cm³/mol. The minimum Gasteiger partial charge on any atom is -0.166 e. The van der Waals surface area contributed by atoms with E-state index in [0.717, 1.165) is 27.0 Å². The van der Waals surface area contributed by atoms with E-state index in [4.69, 9.17) is 0 Å². The van der Waals surface area contributed by atoms with Crippen LogP contribution in [0.5, 0.6) is 0 Å². The zero-order valence-corrected chi connectivity index (χ0v) is 14.8. The summed E-state index contributed by atoms with van der Waals surface area (Å²) in [7, 11) is -0.576. The van der Waals surface area contributed by atoms with Crippen LogP contribution in [0.2, 0.25) is 0 Å². The Balaban J connectivity index is 2.14. The lowest BCUT2D eigenvalue weighted by atomic mass is 10.2. The van der Waals surface area contributed by atoms with Crippen molar-refractivity contribution in [1.29, 1.82) is 0 Å². The quantitative estimate of drug-likeness (QED) is 0.474. The van der Waals surface area contributed by atoms with Crippen molar-refractivity contribution in [2.24, 2.45) is 0 Å². The van der Waals surface area contributed by atoms with Gasteiger partial charge in [0.25, 0.3) is 0 Å². The lowest BCUT2D eigenvalue weighted by Gasteiger charge is -2.11. The first-order valence-electron chi connectivity index (χ1n) is 7.89. The highest BCUT2D eigenvalue weighted by Crippen LogP contribution is 2.35. The highest BCUT2D eigenvalue weighted by Gasteiger charge is 2.34. The Bertz CT molecular complexity index is 804. The molecule has 3 aromatic carbocycles. The molecule has 0 radical (unpaired) electrons. The SMILES string of the molecule is Cc1ccc([S+](c2ccc(C)cc2)c2cccc(C(F)(F)F)c2)cc1. The van der Waals surface area contributed by atoms with Crippen molar-refractivity contribution in [2.75, 3.05) is 0 Å². The van der Waals surface area contributed by atoms with E-state index in [1.54, 1.807) is 6.07 Å². The molecule has 0 N–H and O–H groups in total. The molecule has 0 aliphatic carbocycles. The predicted octanol–water partition coefficient (Wildman–Crippen LogP) is 6.42. The van der Waals surface area contributed by atoms with Crippen molar-refractivity contribution >= 4 is 10.9 Å². The van der Waals surface area contributed by atoms with Gasteiger partial charge in [-0.15, -0.1) is 0 Å². The number of benzene rings is 3. The first-order chi connectivity index (χ1) is 11.8. The van der Waals surface area contributed by atoms with Gasteiger partial charge in [0.15, 0.2) is 14.7 Å². The molecule has 0 fully saturated rings. The van der Waals surface area contributed by atoms with E-state index in [1.807, 2.05) is 62.4 Å². The molecule has 0 amide bonds. The maximum Gasteiger partial charge on any atom is 0.416 e. The van der Waals surface area contributed by atoms with E-state index in [0.29, 0.717) is 4.90 Å². The Morgan fingerprint density at radius 2 is 1.12 bits per heavy atom. The number of hydrogen-bond donors (Lipinski definition) is 0. The lowest BCUT2D eigenvalue weighted by Crippen LogP contribution is -2.09. The molecule has 25 heavy (non-hydrogen) atoms. The van der Waals surface area contributed by atoms with Crippen LogP contribution in [0.1, 0.15) is 16.7 Å². The van der Waals surface area contributed by atoms with Gasteiger partial charge < -0.3 is 0 Å². The summed E-state index contributed by atoms with van der Waals surface area (Å²) in [5, 5.41) is 0. The van der Waals surface area contributed by atoms with Gasteiger partial charge in [0.2, 0.25) is 0 Å². The second-order valence-corrected chi connectivity index (χ2v) is 7.98. The van der Waals surface area contributed by atoms with Crippen molar-refractivity contribution in [3.05, 3.63) is 89.5 Å². The third-order valence-electron chi connectivity index (χ3n) is 3.91. The second-order valence-electron chi connectivity index (χ2n) is 5.96. The Hall–Kier alpha value is -2.20. The first-order valence-corrected chi connectivity index (χ1v) is 9.12. The molecule has 0 saturated carbocycles. The molecule has 128 valence electrons. The van der Waals surface area contributed by atoms with E-state index in [2.05, 4.69) is 0 Å². The average Bonchev–Trinajstić information content (AvgIpc) is 2.58. The smallest absolute Gasteiger partial charge is 0.166 e. The number of alkyl halides is 3. The second kappa shape index (κ2) is 6.96. The Labute approximate surface area is 148 Å². The summed E-state index contributed by atoms with van der Waals surface area (Å²) >= 11 is 0. The third-order valence-corrected chi connectivity index (χ3v) is 6.12. The molecule has 0 bridgehead atoms. The molecule has 0 unspecified atom stereocenters. The molecule has 3 rings (SSSR count). The Kier molecular flexibility index (Phi) is 4.91. The number of aryl methyl sites for hydroxylation is 2. The molecule has 0 heterocycles. The first kappa shape index (κ1) is 17.6. The van der Waals surface area contributed by atoms with Crippen LogP contribution in [0.4, 0.5) is 13.2 Å². The van der Waals surface area contributed by atoms with Gasteiger partial charge in [-0.25, -0.2) is 0 Å². The van der Waals surface area contributed by atoms with Crippen LogP contribution < -0.4 is 0 Å². The van der Waals surface area contributed by atoms with Crippen LogP contribution in [0, 0.1) is 13.8 Å². The number of halogens is 3. The van der Waals surface area contributed by atoms with Crippen molar-refractivity contribution < 1.29 is 13.2 Å². The lowest BCUT2D eigenvalue weighted by molar-refractivity contribution is -0.137. The van der Waals surface area contributed by atoms with Crippen molar-refractivity contribution in [1.82, 2.24) is 0 Å². The van der Waals surface area contributed by atoms with Gasteiger partial charge in [0.1, 0.15) is 0 Å². The molecule has 0 aliphatic rings. The molecule has 0 saturated heterocycles. The summed E-state index contributed by atoms with van der Waals surface area (Å²) in [4.78, 5) is 2.69. The van der Waals surface area contributed by atoms with Crippen molar-refractivity contribution in [2.45, 2.75) is 34.7 Å². The highest BCUT2D eigenvalue weighted by molar-refractivity contribution is 7.97. The topological polar surface area (TPSA) is 0 Å². The largest absolute Gasteiger partial charge is 0.416 e. The van der Waals surface area contributed by atoms with Gasteiger partial charge in [0.05, 0.1) is 16.5 Å². The molecule has 0 spiro atoms. The summed E-state index contributed by atoms with van der Waals surface area (Å²) < 4.78 is 39.4. The molecule has 0 atom stereocenters. The summed E-state index contributed by atoms with van der Waals surface area (Å²) in [6.07, 6.45) is -4.34. The van der Waals surface area contributed by atoms with Crippen LogP contribution in [0.3, 0.4) is 0 Å². The molecular formula is C21H18F3S+. The van der Waals surface area contributed by atoms with Gasteiger partial charge in [0, 0.05) is 6.07 Å². The van der Waals surface area contributed by atoms with Gasteiger partial charge in [-0.3, -0.25) is 0 Å². The van der Waals surface area contributed by atoms with E-state index >= 15 is 0 Å². The zero-order valence-electron chi connectivity index (χ0n) is 14.0. The fraction of sp³-hybridized carbons (Fsp3) is 0.143. The number of hydrogen-bond acceptors (Lipinski definition) is 0. The Morgan fingerprint density at radius 1 is 0.640 bits per heavy atom. The van der Waals surface area contributed by atoms with Gasteiger partial charge in [-0.1, -0.05) is 41.5 Å².